The number of benzene rings is 2. The second-order valence-electron chi connectivity index (χ2n) is 7.51. The van der Waals surface area contributed by atoms with Gasteiger partial charge in [0.15, 0.2) is 0 Å². The van der Waals surface area contributed by atoms with Crippen molar-refractivity contribution in [3.8, 4) is 0 Å². The van der Waals surface area contributed by atoms with Crippen LogP contribution in [0.4, 0.5) is 5.69 Å². The molecule has 2 atom stereocenters. The van der Waals surface area contributed by atoms with Crippen LogP contribution in [0.2, 0.25) is 5.02 Å². The summed E-state index contributed by atoms with van der Waals surface area (Å²) in [5, 5.41) is 11.4. The van der Waals surface area contributed by atoms with Crippen LogP contribution in [-0.2, 0) is 14.8 Å². The van der Waals surface area contributed by atoms with Gasteiger partial charge in [0, 0.05) is 49.4 Å². The van der Waals surface area contributed by atoms with Gasteiger partial charge in [-0.3, -0.25) is 15.0 Å². The topological polar surface area (TPSA) is 93.0 Å². The average Bonchev–Trinajstić information content (AvgIpc) is 2.73. The quantitative estimate of drug-likeness (QED) is 0.416. The lowest BCUT2D eigenvalue weighted by Crippen LogP contribution is -2.53. The van der Waals surface area contributed by atoms with E-state index in [4.69, 9.17) is 16.3 Å². The molecule has 2 aromatic rings. The fourth-order valence-corrected chi connectivity index (χ4v) is 5.83. The van der Waals surface area contributed by atoms with E-state index in [1.54, 1.807) is 0 Å². The highest BCUT2D eigenvalue weighted by atomic mass is 79.9. The Morgan fingerprint density at radius 3 is 2.29 bits per heavy atom. The molecule has 2 aliphatic rings. The van der Waals surface area contributed by atoms with E-state index < -0.39 is 14.9 Å². The summed E-state index contributed by atoms with van der Waals surface area (Å²) in [7, 11) is -3.72. The standard InChI is InChI=1S/C20H21BrClN3O5S/c21-17-6-1-14(13-18(17)22)20(19-7-12-30-19)23-8-10-24(11-9-23)31(28,29)16-4-2-15(3-5-16)25(26)27/h1-6,13,19-20H,7-12H2. The maximum atomic E-state index is 13.0. The molecule has 0 aromatic heterocycles. The summed E-state index contributed by atoms with van der Waals surface area (Å²) in [4.78, 5) is 12.6. The van der Waals surface area contributed by atoms with Crippen molar-refractivity contribution in [2.24, 2.45) is 0 Å². The van der Waals surface area contributed by atoms with E-state index in [9.17, 15) is 18.5 Å². The first-order valence-corrected chi connectivity index (χ1v) is 12.4. The predicted molar refractivity (Wildman–Crippen MR) is 120 cm³/mol. The molecule has 2 aliphatic heterocycles. The summed E-state index contributed by atoms with van der Waals surface area (Å²) in [5.41, 5.74) is 0.907. The Labute approximate surface area is 194 Å². The van der Waals surface area contributed by atoms with Crippen LogP contribution < -0.4 is 0 Å². The molecule has 0 aliphatic carbocycles. The lowest BCUT2D eigenvalue weighted by atomic mass is 9.94. The van der Waals surface area contributed by atoms with Crippen LogP contribution in [0.3, 0.4) is 0 Å². The minimum Gasteiger partial charge on any atom is -0.376 e. The largest absolute Gasteiger partial charge is 0.376 e. The Bertz CT molecular complexity index is 1070. The minimum atomic E-state index is -3.72. The fraction of sp³-hybridized carbons (Fsp3) is 0.400. The zero-order valence-corrected chi connectivity index (χ0v) is 19.6. The molecule has 11 heteroatoms. The molecular weight excluding hydrogens is 510 g/mol. The Hall–Kier alpha value is -1.56. The van der Waals surface area contributed by atoms with Crippen molar-refractivity contribution >= 4 is 43.2 Å². The van der Waals surface area contributed by atoms with Crippen LogP contribution in [-0.4, -0.2) is 61.4 Å². The van der Waals surface area contributed by atoms with Gasteiger partial charge in [0.25, 0.3) is 5.69 Å². The Kier molecular flexibility index (Phi) is 6.66. The molecule has 0 amide bonds. The van der Waals surface area contributed by atoms with Crippen LogP contribution in [0.1, 0.15) is 18.0 Å². The number of hydrogen-bond donors (Lipinski definition) is 0. The summed E-state index contributed by atoms with van der Waals surface area (Å²) in [6, 6.07) is 10.9. The number of hydrogen-bond acceptors (Lipinski definition) is 6. The molecule has 2 fully saturated rings. The van der Waals surface area contributed by atoms with Gasteiger partial charge in [0.2, 0.25) is 10.0 Å². The highest BCUT2D eigenvalue weighted by molar-refractivity contribution is 9.10. The van der Waals surface area contributed by atoms with E-state index in [1.807, 2.05) is 18.2 Å². The summed E-state index contributed by atoms with van der Waals surface area (Å²) in [6.07, 6.45) is 0.995. The first kappa shape index (κ1) is 22.6. The van der Waals surface area contributed by atoms with Crippen molar-refractivity contribution in [2.45, 2.75) is 23.5 Å². The van der Waals surface area contributed by atoms with Crippen molar-refractivity contribution in [3.63, 3.8) is 0 Å². The van der Waals surface area contributed by atoms with Crippen molar-refractivity contribution in [1.82, 2.24) is 9.21 Å². The number of piperazine rings is 1. The number of nitro benzene ring substituents is 1. The predicted octanol–water partition coefficient (Wildman–Crippen LogP) is 3.85. The third-order valence-electron chi connectivity index (χ3n) is 5.72. The summed E-state index contributed by atoms with van der Waals surface area (Å²) >= 11 is 9.73. The van der Waals surface area contributed by atoms with E-state index in [0.29, 0.717) is 31.2 Å². The summed E-state index contributed by atoms with van der Waals surface area (Å²) < 4.78 is 34.0. The minimum absolute atomic E-state index is 0.00331. The molecule has 166 valence electrons. The van der Waals surface area contributed by atoms with Crippen LogP contribution in [0.25, 0.3) is 0 Å². The van der Waals surface area contributed by atoms with E-state index in [-0.39, 0.29) is 22.7 Å². The number of nitro groups is 1. The molecule has 0 spiro atoms. The molecule has 31 heavy (non-hydrogen) atoms. The summed E-state index contributed by atoms with van der Waals surface area (Å²) in [6.45, 7) is 2.47. The van der Waals surface area contributed by atoms with E-state index in [0.717, 1.165) is 23.1 Å². The van der Waals surface area contributed by atoms with Gasteiger partial charge in [-0.15, -0.1) is 0 Å². The highest BCUT2D eigenvalue weighted by Crippen LogP contribution is 2.36. The van der Waals surface area contributed by atoms with Crippen LogP contribution in [0.5, 0.6) is 0 Å². The second kappa shape index (κ2) is 9.13. The molecular formula is C20H21BrClN3O5S. The first-order chi connectivity index (χ1) is 14.8. The summed E-state index contributed by atoms with van der Waals surface area (Å²) in [5.74, 6) is 0. The Morgan fingerprint density at radius 2 is 1.77 bits per heavy atom. The van der Waals surface area contributed by atoms with Gasteiger partial charge in [-0.05, 0) is 52.2 Å². The van der Waals surface area contributed by atoms with E-state index in [2.05, 4.69) is 20.8 Å². The Balaban J connectivity index is 1.49. The van der Waals surface area contributed by atoms with Crippen LogP contribution in [0, 0.1) is 10.1 Å². The fourth-order valence-electron chi connectivity index (χ4n) is 3.97. The number of rotatable bonds is 6. The molecule has 0 radical (unpaired) electrons. The van der Waals surface area contributed by atoms with Gasteiger partial charge in [0.05, 0.1) is 27.0 Å². The average molecular weight is 531 g/mol. The van der Waals surface area contributed by atoms with Crippen molar-refractivity contribution in [3.05, 3.63) is 67.6 Å². The van der Waals surface area contributed by atoms with Gasteiger partial charge < -0.3 is 4.74 Å². The number of halogens is 2. The molecule has 0 saturated carbocycles. The molecule has 0 N–H and O–H groups in total. The monoisotopic (exact) mass is 529 g/mol. The highest BCUT2D eigenvalue weighted by Gasteiger charge is 2.38. The third-order valence-corrected chi connectivity index (χ3v) is 8.87. The van der Waals surface area contributed by atoms with Gasteiger partial charge in [-0.25, -0.2) is 8.42 Å². The molecule has 4 rings (SSSR count). The van der Waals surface area contributed by atoms with Crippen LogP contribution in [0.15, 0.2) is 51.8 Å². The molecule has 2 aromatic carbocycles. The maximum absolute atomic E-state index is 13.0. The second-order valence-corrected chi connectivity index (χ2v) is 10.7. The Morgan fingerprint density at radius 1 is 1.13 bits per heavy atom. The van der Waals surface area contributed by atoms with Crippen molar-refractivity contribution in [2.75, 3.05) is 32.8 Å². The first-order valence-electron chi connectivity index (χ1n) is 9.82. The number of nitrogens with zero attached hydrogens (tertiary/aromatic N) is 3. The van der Waals surface area contributed by atoms with Crippen molar-refractivity contribution < 1.29 is 18.1 Å². The molecule has 2 saturated heterocycles. The molecule has 2 heterocycles. The van der Waals surface area contributed by atoms with Crippen molar-refractivity contribution in [1.29, 1.82) is 0 Å². The zero-order valence-electron chi connectivity index (χ0n) is 16.5. The van der Waals surface area contributed by atoms with Gasteiger partial charge in [-0.1, -0.05) is 17.7 Å². The van der Waals surface area contributed by atoms with E-state index >= 15 is 0 Å². The third kappa shape index (κ3) is 4.64. The normalized spacial score (nSPS) is 21.4. The van der Waals surface area contributed by atoms with E-state index in [1.165, 1.54) is 28.6 Å². The zero-order chi connectivity index (χ0) is 22.2. The lowest BCUT2D eigenvalue weighted by Gasteiger charge is -2.44. The molecule has 0 bridgehead atoms. The van der Waals surface area contributed by atoms with Gasteiger partial charge in [-0.2, -0.15) is 4.31 Å². The smallest absolute Gasteiger partial charge is 0.269 e. The maximum Gasteiger partial charge on any atom is 0.269 e. The van der Waals surface area contributed by atoms with Gasteiger partial charge in [0.1, 0.15) is 0 Å². The molecule has 2 unspecified atom stereocenters. The SMILES string of the molecule is O=[N+]([O-])c1ccc(S(=O)(=O)N2CCN(C(c3ccc(Br)c(Cl)c3)C3CCO3)CC2)cc1. The molecule has 8 nitrogen and oxygen atoms in total. The number of ether oxygens (including phenoxy) is 1. The number of non-ortho nitro benzene ring substituents is 1. The van der Waals surface area contributed by atoms with Crippen LogP contribution >= 0.6 is 27.5 Å². The number of sulfonamides is 1. The lowest BCUT2D eigenvalue weighted by molar-refractivity contribution is -0.384. The van der Waals surface area contributed by atoms with Gasteiger partial charge >= 0.3 is 0 Å².